The summed E-state index contributed by atoms with van der Waals surface area (Å²) in [5.74, 6) is 0.356. The SMILES string of the molecule is COc1cc(C=O)ccc1OCC(=O)Nc1cccc(C#N)c1. The van der Waals surface area contributed by atoms with Crippen LogP contribution in [0.1, 0.15) is 15.9 Å². The number of amides is 1. The van der Waals surface area contributed by atoms with Gasteiger partial charge < -0.3 is 14.8 Å². The van der Waals surface area contributed by atoms with Crippen LogP contribution in [0.5, 0.6) is 11.5 Å². The third-order valence-corrected chi connectivity index (χ3v) is 2.96. The predicted molar refractivity (Wildman–Crippen MR) is 83.7 cm³/mol. The lowest BCUT2D eigenvalue weighted by Crippen LogP contribution is -2.20. The molecule has 0 aliphatic carbocycles. The van der Waals surface area contributed by atoms with Crippen molar-refractivity contribution in [3.05, 3.63) is 53.6 Å². The van der Waals surface area contributed by atoms with Crippen LogP contribution in [-0.2, 0) is 4.79 Å². The molecule has 2 rings (SSSR count). The van der Waals surface area contributed by atoms with Crippen molar-refractivity contribution in [2.75, 3.05) is 19.0 Å². The largest absolute Gasteiger partial charge is 0.493 e. The lowest BCUT2D eigenvalue weighted by molar-refractivity contribution is -0.118. The molecular formula is C17H14N2O4. The molecule has 0 aromatic heterocycles. The molecule has 0 unspecified atom stereocenters. The van der Waals surface area contributed by atoms with Crippen molar-refractivity contribution in [3.63, 3.8) is 0 Å². The monoisotopic (exact) mass is 310 g/mol. The highest BCUT2D eigenvalue weighted by Gasteiger charge is 2.09. The van der Waals surface area contributed by atoms with Crippen molar-refractivity contribution in [1.29, 1.82) is 5.26 Å². The van der Waals surface area contributed by atoms with E-state index in [1.54, 1.807) is 36.4 Å². The highest BCUT2D eigenvalue weighted by atomic mass is 16.5. The van der Waals surface area contributed by atoms with Crippen LogP contribution in [0, 0.1) is 11.3 Å². The maximum atomic E-state index is 11.9. The molecule has 0 saturated heterocycles. The van der Waals surface area contributed by atoms with Crippen LogP contribution in [-0.4, -0.2) is 25.9 Å². The molecule has 1 N–H and O–H groups in total. The first-order chi connectivity index (χ1) is 11.2. The number of hydrogen-bond acceptors (Lipinski definition) is 5. The Balaban J connectivity index is 1.99. The van der Waals surface area contributed by atoms with Gasteiger partial charge in [-0.25, -0.2) is 0 Å². The summed E-state index contributed by atoms with van der Waals surface area (Å²) in [6.45, 7) is -0.229. The van der Waals surface area contributed by atoms with Gasteiger partial charge in [-0.2, -0.15) is 5.26 Å². The Morgan fingerprint density at radius 2 is 2.09 bits per heavy atom. The van der Waals surface area contributed by atoms with E-state index >= 15 is 0 Å². The van der Waals surface area contributed by atoms with Crippen molar-refractivity contribution in [3.8, 4) is 17.6 Å². The highest BCUT2D eigenvalue weighted by Crippen LogP contribution is 2.27. The molecule has 6 nitrogen and oxygen atoms in total. The summed E-state index contributed by atoms with van der Waals surface area (Å²) in [5.41, 5.74) is 1.42. The van der Waals surface area contributed by atoms with Gasteiger partial charge >= 0.3 is 0 Å². The molecule has 0 spiro atoms. The number of anilines is 1. The highest BCUT2D eigenvalue weighted by molar-refractivity contribution is 5.92. The minimum atomic E-state index is -0.374. The fraction of sp³-hybridized carbons (Fsp3) is 0.118. The van der Waals surface area contributed by atoms with Gasteiger partial charge in [0.25, 0.3) is 5.91 Å². The molecule has 1 amide bonds. The molecule has 2 aromatic rings. The Morgan fingerprint density at radius 1 is 1.26 bits per heavy atom. The summed E-state index contributed by atoms with van der Waals surface area (Å²) in [4.78, 5) is 22.6. The summed E-state index contributed by atoms with van der Waals surface area (Å²) >= 11 is 0. The Hall–Kier alpha value is -3.33. The number of hydrogen-bond donors (Lipinski definition) is 1. The zero-order valence-corrected chi connectivity index (χ0v) is 12.4. The fourth-order valence-electron chi connectivity index (χ4n) is 1.88. The summed E-state index contributed by atoms with van der Waals surface area (Å²) < 4.78 is 10.5. The zero-order chi connectivity index (χ0) is 16.7. The maximum Gasteiger partial charge on any atom is 0.262 e. The molecule has 6 heteroatoms. The standard InChI is InChI=1S/C17H14N2O4/c1-22-16-8-13(10-20)5-6-15(16)23-11-17(21)19-14-4-2-3-12(7-14)9-18/h2-8,10H,11H2,1H3,(H,19,21). The van der Waals surface area contributed by atoms with Gasteiger partial charge in [-0.15, -0.1) is 0 Å². The van der Waals surface area contributed by atoms with E-state index in [1.165, 1.54) is 13.2 Å². The summed E-state index contributed by atoms with van der Waals surface area (Å²) in [6, 6.07) is 13.2. The Kier molecular flexibility index (Phi) is 5.31. The number of carbonyl (C=O) groups excluding carboxylic acids is 2. The van der Waals surface area contributed by atoms with Gasteiger partial charge in [0, 0.05) is 11.3 Å². The van der Waals surface area contributed by atoms with E-state index in [9.17, 15) is 9.59 Å². The van der Waals surface area contributed by atoms with Crippen molar-refractivity contribution in [2.24, 2.45) is 0 Å². The van der Waals surface area contributed by atoms with E-state index in [0.29, 0.717) is 34.6 Å². The molecule has 0 atom stereocenters. The van der Waals surface area contributed by atoms with Gasteiger partial charge in [0.1, 0.15) is 6.29 Å². The van der Waals surface area contributed by atoms with Gasteiger partial charge in [-0.1, -0.05) is 6.07 Å². The maximum absolute atomic E-state index is 11.9. The minimum Gasteiger partial charge on any atom is -0.493 e. The van der Waals surface area contributed by atoms with Crippen LogP contribution in [0.2, 0.25) is 0 Å². The average Bonchev–Trinajstić information content (AvgIpc) is 2.59. The Labute approximate surface area is 133 Å². The first-order valence-corrected chi connectivity index (χ1v) is 6.72. The summed E-state index contributed by atoms with van der Waals surface area (Å²) in [7, 11) is 1.45. The lowest BCUT2D eigenvalue weighted by Gasteiger charge is -2.11. The van der Waals surface area contributed by atoms with E-state index in [2.05, 4.69) is 5.32 Å². The van der Waals surface area contributed by atoms with E-state index < -0.39 is 0 Å². The van der Waals surface area contributed by atoms with Gasteiger partial charge in [0.05, 0.1) is 18.7 Å². The van der Waals surface area contributed by atoms with Gasteiger partial charge in [0.2, 0.25) is 0 Å². The number of ether oxygens (including phenoxy) is 2. The molecule has 0 radical (unpaired) electrons. The molecule has 2 aromatic carbocycles. The molecule has 23 heavy (non-hydrogen) atoms. The normalized spacial score (nSPS) is 9.57. The van der Waals surface area contributed by atoms with Crippen LogP contribution < -0.4 is 14.8 Å². The lowest BCUT2D eigenvalue weighted by atomic mass is 10.2. The van der Waals surface area contributed by atoms with E-state index in [-0.39, 0.29) is 12.5 Å². The first-order valence-electron chi connectivity index (χ1n) is 6.72. The van der Waals surface area contributed by atoms with Gasteiger partial charge in [-0.3, -0.25) is 9.59 Å². The number of methoxy groups -OCH3 is 1. The van der Waals surface area contributed by atoms with E-state index in [4.69, 9.17) is 14.7 Å². The van der Waals surface area contributed by atoms with E-state index in [0.717, 1.165) is 0 Å². The topological polar surface area (TPSA) is 88.4 Å². The quantitative estimate of drug-likeness (QED) is 0.828. The third kappa shape index (κ3) is 4.32. The molecular weight excluding hydrogens is 296 g/mol. The minimum absolute atomic E-state index is 0.229. The average molecular weight is 310 g/mol. The van der Waals surface area contributed by atoms with Crippen LogP contribution in [0.3, 0.4) is 0 Å². The summed E-state index contributed by atoms with van der Waals surface area (Å²) in [5, 5.41) is 11.5. The smallest absolute Gasteiger partial charge is 0.262 e. The van der Waals surface area contributed by atoms with Crippen LogP contribution >= 0.6 is 0 Å². The molecule has 116 valence electrons. The summed E-state index contributed by atoms with van der Waals surface area (Å²) in [6.07, 6.45) is 0.696. The van der Waals surface area contributed by atoms with Gasteiger partial charge in [-0.05, 0) is 36.4 Å². The van der Waals surface area contributed by atoms with Crippen LogP contribution in [0.25, 0.3) is 0 Å². The Morgan fingerprint density at radius 3 is 2.78 bits per heavy atom. The number of nitriles is 1. The predicted octanol–water partition coefficient (Wildman–Crippen LogP) is 2.40. The van der Waals surface area contributed by atoms with E-state index in [1.807, 2.05) is 6.07 Å². The molecule has 0 fully saturated rings. The first kappa shape index (κ1) is 16.0. The number of aldehydes is 1. The number of carbonyl (C=O) groups is 2. The second-order valence-electron chi connectivity index (χ2n) is 4.56. The molecule has 0 heterocycles. The molecule has 0 saturated carbocycles. The zero-order valence-electron chi connectivity index (χ0n) is 12.4. The second kappa shape index (κ2) is 7.61. The number of nitrogens with zero attached hydrogens (tertiary/aromatic N) is 1. The number of rotatable bonds is 6. The number of benzene rings is 2. The molecule has 0 aliphatic heterocycles. The molecule has 0 aliphatic rings. The number of nitrogens with one attached hydrogen (secondary N) is 1. The van der Waals surface area contributed by atoms with Crippen molar-refractivity contribution < 1.29 is 19.1 Å². The van der Waals surface area contributed by atoms with Crippen molar-refractivity contribution in [1.82, 2.24) is 0 Å². The Bertz CT molecular complexity index is 765. The molecule has 0 bridgehead atoms. The van der Waals surface area contributed by atoms with Crippen molar-refractivity contribution in [2.45, 2.75) is 0 Å². The van der Waals surface area contributed by atoms with Gasteiger partial charge in [0.15, 0.2) is 18.1 Å². The second-order valence-corrected chi connectivity index (χ2v) is 4.56. The van der Waals surface area contributed by atoms with Crippen LogP contribution in [0.4, 0.5) is 5.69 Å². The fourth-order valence-corrected chi connectivity index (χ4v) is 1.88. The third-order valence-electron chi connectivity index (χ3n) is 2.96. The van der Waals surface area contributed by atoms with Crippen molar-refractivity contribution >= 4 is 17.9 Å². The van der Waals surface area contributed by atoms with Crippen LogP contribution in [0.15, 0.2) is 42.5 Å².